The second kappa shape index (κ2) is 8.22. The molecule has 2 aromatic heterocycles. The Morgan fingerprint density at radius 2 is 2.32 bits per heavy atom. The fourth-order valence-electron chi connectivity index (χ4n) is 3.11. The third-order valence-corrected chi connectivity index (χ3v) is 4.54. The van der Waals surface area contributed by atoms with E-state index < -0.39 is 0 Å². The molecular formula is C18H25N5O2. The lowest BCUT2D eigenvalue weighted by Crippen LogP contribution is -2.51. The normalized spacial score (nSPS) is 19.5. The van der Waals surface area contributed by atoms with E-state index in [1.165, 1.54) is 0 Å². The second-order valence-electron chi connectivity index (χ2n) is 6.18. The predicted molar refractivity (Wildman–Crippen MR) is 95.7 cm³/mol. The minimum absolute atomic E-state index is 0.0106. The molecule has 3 rings (SSSR count). The molecule has 0 spiro atoms. The van der Waals surface area contributed by atoms with Crippen molar-refractivity contribution in [2.24, 2.45) is 0 Å². The van der Waals surface area contributed by atoms with Crippen LogP contribution < -0.4 is 5.32 Å². The van der Waals surface area contributed by atoms with Crippen molar-refractivity contribution < 1.29 is 9.53 Å². The van der Waals surface area contributed by atoms with Gasteiger partial charge < -0.3 is 10.1 Å². The van der Waals surface area contributed by atoms with Gasteiger partial charge in [0.1, 0.15) is 12.1 Å². The van der Waals surface area contributed by atoms with Crippen molar-refractivity contribution in [3.8, 4) is 5.82 Å². The van der Waals surface area contributed by atoms with Crippen LogP contribution in [-0.4, -0.2) is 57.2 Å². The number of anilines is 1. The number of amides is 1. The highest BCUT2D eigenvalue weighted by Crippen LogP contribution is 2.16. The molecule has 0 unspecified atom stereocenters. The summed E-state index contributed by atoms with van der Waals surface area (Å²) >= 11 is 0. The van der Waals surface area contributed by atoms with Gasteiger partial charge in [-0.15, -0.1) is 0 Å². The Balaban J connectivity index is 1.63. The molecule has 25 heavy (non-hydrogen) atoms. The van der Waals surface area contributed by atoms with Gasteiger partial charge in [-0.2, -0.15) is 0 Å². The highest BCUT2D eigenvalue weighted by molar-refractivity contribution is 5.94. The first-order valence-corrected chi connectivity index (χ1v) is 8.82. The molecule has 0 aromatic carbocycles. The number of hydrogen-bond donors (Lipinski definition) is 1. The maximum Gasteiger partial charge on any atom is 0.241 e. The zero-order chi connectivity index (χ0) is 17.6. The average Bonchev–Trinajstić information content (AvgIpc) is 3.18. The number of morpholine rings is 1. The zero-order valence-electron chi connectivity index (χ0n) is 14.8. The van der Waals surface area contributed by atoms with Crippen molar-refractivity contribution in [2.45, 2.75) is 38.8 Å². The summed E-state index contributed by atoms with van der Waals surface area (Å²) < 4.78 is 7.53. The van der Waals surface area contributed by atoms with Crippen molar-refractivity contribution in [3.63, 3.8) is 0 Å². The summed E-state index contributed by atoms with van der Waals surface area (Å²) in [5.74, 6) is 0.776. The van der Waals surface area contributed by atoms with E-state index in [2.05, 4.69) is 27.1 Å². The highest BCUT2D eigenvalue weighted by atomic mass is 16.5. The first-order valence-electron chi connectivity index (χ1n) is 8.82. The van der Waals surface area contributed by atoms with E-state index in [4.69, 9.17) is 4.74 Å². The fraction of sp³-hybridized carbons (Fsp3) is 0.500. The van der Waals surface area contributed by atoms with E-state index in [0.717, 1.165) is 31.7 Å². The predicted octanol–water partition coefficient (Wildman–Crippen LogP) is 2.10. The standard InChI is InChI=1S/C18H25N5O2/c1-3-15-12-22(9-10-25-15)16(4-2)18(24)21-14-5-6-17(20-11-14)23-8-7-19-13-23/h5-8,11,13,15-16H,3-4,9-10,12H2,1-2H3,(H,21,24)/t15-,16-/m0/s1. The summed E-state index contributed by atoms with van der Waals surface area (Å²) in [6, 6.07) is 3.58. The summed E-state index contributed by atoms with van der Waals surface area (Å²) in [7, 11) is 0. The molecule has 1 saturated heterocycles. The van der Waals surface area contributed by atoms with Gasteiger partial charge in [-0.1, -0.05) is 13.8 Å². The van der Waals surface area contributed by atoms with Gasteiger partial charge in [-0.3, -0.25) is 14.3 Å². The van der Waals surface area contributed by atoms with Gasteiger partial charge in [0.05, 0.1) is 30.6 Å². The molecule has 1 amide bonds. The van der Waals surface area contributed by atoms with Crippen molar-refractivity contribution >= 4 is 11.6 Å². The number of carbonyl (C=O) groups is 1. The molecule has 7 nitrogen and oxygen atoms in total. The number of hydrogen-bond acceptors (Lipinski definition) is 5. The minimum atomic E-state index is -0.147. The van der Waals surface area contributed by atoms with Crippen molar-refractivity contribution in [3.05, 3.63) is 37.1 Å². The number of nitrogens with one attached hydrogen (secondary N) is 1. The summed E-state index contributed by atoms with van der Waals surface area (Å²) in [6.07, 6.45) is 8.85. The number of carbonyl (C=O) groups excluding carboxylic acids is 1. The fourth-order valence-corrected chi connectivity index (χ4v) is 3.11. The minimum Gasteiger partial charge on any atom is -0.376 e. The maximum absolute atomic E-state index is 12.7. The number of imidazole rings is 1. The van der Waals surface area contributed by atoms with Crippen molar-refractivity contribution in [2.75, 3.05) is 25.0 Å². The van der Waals surface area contributed by atoms with E-state index in [9.17, 15) is 4.79 Å². The van der Waals surface area contributed by atoms with E-state index in [1.807, 2.05) is 29.8 Å². The van der Waals surface area contributed by atoms with Gasteiger partial charge in [0.15, 0.2) is 0 Å². The van der Waals surface area contributed by atoms with E-state index >= 15 is 0 Å². The summed E-state index contributed by atoms with van der Waals surface area (Å²) in [4.78, 5) is 23.3. The third-order valence-electron chi connectivity index (χ3n) is 4.54. The van der Waals surface area contributed by atoms with Gasteiger partial charge >= 0.3 is 0 Å². The number of nitrogens with zero attached hydrogens (tertiary/aromatic N) is 4. The van der Waals surface area contributed by atoms with Crippen LogP contribution in [0.2, 0.25) is 0 Å². The molecule has 7 heteroatoms. The van der Waals surface area contributed by atoms with Crippen LogP contribution in [0.5, 0.6) is 0 Å². The van der Waals surface area contributed by atoms with Gasteiger partial charge in [-0.05, 0) is 25.0 Å². The molecule has 1 fully saturated rings. The topological polar surface area (TPSA) is 72.3 Å². The van der Waals surface area contributed by atoms with E-state index in [1.54, 1.807) is 18.7 Å². The Labute approximate surface area is 148 Å². The van der Waals surface area contributed by atoms with Gasteiger partial charge in [0.2, 0.25) is 5.91 Å². The van der Waals surface area contributed by atoms with Crippen LogP contribution in [0.4, 0.5) is 5.69 Å². The number of rotatable bonds is 6. The quantitative estimate of drug-likeness (QED) is 0.869. The molecular weight excluding hydrogens is 318 g/mol. The van der Waals surface area contributed by atoms with Gasteiger partial charge in [0.25, 0.3) is 0 Å². The maximum atomic E-state index is 12.7. The number of aromatic nitrogens is 3. The molecule has 134 valence electrons. The largest absolute Gasteiger partial charge is 0.376 e. The molecule has 1 N–H and O–H groups in total. The summed E-state index contributed by atoms with van der Waals surface area (Å²) in [5, 5.41) is 2.99. The lowest BCUT2D eigenvalue weighted by molar-refractivity contribution is -0.125. The first-order chi connectivity index (χ1) is 12.2. The number of pyridine rings is 1. The molecule has 0 radical (unpaired) electrons. The van der Waals surface area contributed by atoms with Gasteiger partial charge in [0, 0.05) is 25.5 Å². The van der Waals surface area contributed by atoms with E-state index in [0.29, 0.717) is 12.3 Å². The molecule has 1 aliphatic rings. The molecule has 2 atom stereocenters. The average molecular weight is 343 g/mol. The van der Waals surface area contributed by atoms with E-state index in [-0.39, 0.29) is 18.1 Å². The lowest BCUT2D eigenvalue weighted by atomic mass is 10.1. The summed E-state index contributed by atoms with van der Waals surface area (Å²) in [6.45, 7) is 6.44. The molecule has 1 aliphatic heterocycles. The molecule has 2 aromatic rings. The molecule has 0 bridgehead atoms. The Hall–Kier alpha value is -2.25. The third kappa shape index (κ3) is 4.24. The monoisotopic (exact) mass is 343 g/mol. The second-order valence-corrected chi connectivity index (χ2v) is 6.18. The molecule has 3 heterocycles. The van der Waals surface area contributed by atoms with Crippen LogP contribution in [0, 0.1) is 0 Å². The smallest absolute Gasteiger partial charge is 0.241 e. The Bertz CT molecular complexity index is 671. The first kappa shape index (κ1) is 17.6. The SMILES string of the molecule is CC[C@H]1CN([C@@H](CC)C(=O)Nc2ccc(-n3ccnc3)nc2)CCO1. The summed E-state index contributed by atoms with van der Waals surface area (Å²) in [5.41, 5.74) is 0.701. The van der Waals surface area contributed by atoms with Gasteiger partial charge in [-0.25, -0.2) is 9.97 Å². The van der Waals surface area contributed by atoms with Crippen LogP contribution in [0.25, 0.3) is 5.82 Å². The highest BCUT2D eigenvalue weighted by Gasteiger charge is 2.29. The molecule has 0 aliphatic carbocycles. The Morgan fingerprint density at radius 1 is 1.44 bits per heavy atom. The lowest BCUT2D eigenvalue weighted by Gasteiger charge is -2.36. The van der Waals surface area contributed by atoms with Crippen LogP contribution in [0.15, 0.2) is 37.1 Å². The van der Waals surface area contributed by atoms with Crippen LogP contribution in [-0.2, 0) is 9.53 Å². The van der Waals surface area contributed by atoms with Crippen molar-refractivity contribution in [1.29, 1.82) is 0 Å². The zero-order valence-corrected chi connectivity index (χ0v) is 14.8. The van der Waals surface area contributed by atoms with Crippen LogP contribution in [0.1, 0.15) is 26.7 Å². The van der Waals surface area contributed by atoms with Crippen LogP contribution in [0.3, 0.4) is 0 Å². The molecule has 0 saturated carbocycles. The Kier molecular flexibility index (Phi) is 5.78. The van der Waals surface area contributed by atoms with Crippen molar-refractivity contribution in [1.82, 2.24) is 19.4 Å². The number of ether oxygens (including phenoxy) is 1. The Morgan fingerprint density at radius 3 is 2.96 bits per heavy atom. The van der Waals surface area contributed by atoms with Crippen LogP contribution >= 0.6 is 0 Å².